The Balaban J connectivity index is 2.35. The van der Waals surface area contributed by atoms with Crippen molar-refractivity contribution in [1.82, 2.24) is 0 Å². The third kappa shape index (κ3) is 1.27. The molecule has 2 heteroatoms. The van der Waals surface area contributed by atoms with E-state index < -0.39 is 0 Å². The normalized spacial score (nSPS) is 10.8. The second-order valence-corrected chi connectivity index (χ2v) is 3.63. The van der Waals surface area contributed by atoms with Crippen LogP contribution in [0, 0.1) is 0 Å². The number of para-hydroxylation sites is 1. The summed E-state index contributed by atoms with van der Waals surface area (Å²) < 4.78 is 5.20. The molecule has 0 atom stereocenters. The molecule has 1 heterocycles. The molecule has 1 radical (unpaired) electrons. The van der Waals surface area contributed by atoms with Crippen LogP contribution in [-0.4, -0.2) is 0 Å². The third-order valence-electron chi connectivity index (χ3n) is 2.63. The fourth-order valence-corrected chi connectivity index (χ4v) is 1.90. The predicted octanol–water partition coefficient (Wildman–Crippen LogP) is 4.24. The van der Waals surface area contributed by atoms with Gasteiger partial charge in [-0.05, 0) is 11.6 Å². The van der Waals surface area contributed by atoms with Gasteiger partial charge in [0, 0.05) is 5.39 Å². The van der Waals surface area contributed by atoms with Crippen molar-refractivity contribution in [3.8, 4) is 17.1 Å². The molecule has 0 spiro atoms. The van der Waals surface area contributed by atoms with Crippen LogP contribution in [-0.2, 0) is 5.11 Å². The molecule has 77 valence electrons. The minimum absolute atomic E-state index is 0.271. The molecule has 16 heavy (non-hydrogen) atoms. The Labute approximate surface area is 92.8 Å². The van der Waals surface area contributed by atoms with Gasteiger partial charge in [0.05, 0.1) is 5.56 Å². The summed E-state index contributed by atoms with van der Waals surface area (Å²) in [6.45, 7) is 0. The summed E-state index contributed by atoms with van der Waals surface area (Å²) in [4.78, 5) is 0. The van der Waals surface area contributed by atoms with Crippen LogP contribution in [0.5, 0.6) is 5.95 Å². The minimum Gasteiger partial charge on any atom is -0.422 e. The topological polar surface area (TPSA) is 33.0 Å². The summed E-state index contributed by atoms with van der Waals surface area (Å²) in [7, 11) is 0. The molecule has 0 amide bonds. The van der Waals surface area contributed by atoms with E-state index in [2.05, 4.69) is 0 Å². The Kier molecular flexibility index (Phi) is 1.93. The summed E-state index contributed by atoms with van der Waals surface area (Å²) in [5, 5.41) is 12.6. The van der Waals surface area contributed by atoms with Crippen LogP contribution < -0.4 is 0 Å². The van der Waals surface area contributed by atoms with Gasteiger partial charge in [-0.25, -0.2) is 5.11 Å². The van der Waals surface area contributed by atoms with E-state index >= 15 is 0 Å². The molecule has 0 aliphatic carbocycles. The monoisotopic (exact) mass is 209 g/mol. The Morgan fingerprint density at radius 3 is 2.31 bits per heavy atom. The van der Waals surface area contributed by atoms with Crippen LogP contribution in [0.25, 0.3) is 22.1 Å². The van der Waals surface area contributed by atoms with Gasteiger partial charge in [-0.2, -0.15) is 0 Å². The van der Waals surface area contributed by atoms with Gasteiger partial charge in [-0.15, -0.1) is 0 Å². The van der Waals surface area contributed by atoms with Crippen LogP contribution in [0.4, 0.5) is 0 Å². The molecule has 0 saturated carbocycles. The highest BCUT2D eigenvalue weighted by Crippen LogP contribution is 2.39. The molecule has 0 N–H and O–H groups in total. The van der Waals surface area contributed by atoms with Gasteiger partial charge in [0.2, 0.25) is 0 Å². The number of rotatable bonds is 1. The average molecular weight is 209 g/mol. The van der Waals surface area contributed by atoms with E-state index in [1.807, 2.05) is 54.6 Å². The van der Waals surface area contributed by atoms with Crippen molar-refractivity contribution in [2.75, 3.05) is 0 Å². The first-order valence-corrected chi connectivity index (χ1v) is 5.10. The number of fused-ring (bicyclic) bond motifs is 1. The molecule has 0 aliphatic heterocycles. The molecular weight excluding hydrogens is 200 g/mol. The maximum Gasteiger partial charge on any atom is 0.344 e. The minimum atomic E-state index is -0.271. The zero-order valence-electron chi connectivity index (χ0n) is 8.51. The lowest BCUT2D eigenvalue weighted by Crippen LogP contribution is -1.74. The molecule has 0 aliphatic rings. The van der Waals surface area contributed by atoms with E-state index in [-0.39, 0.29) is 5.95 Å². The maximum atomic E-state index is 11.8. The molecule has 0 fully saturated rings. The lowest BCUT2D eigenvalue weighted by Gasteiger charge is -1.96. The summed E-state index contributed by atoms with van der Waals surface area (Å²) in [6, 6.07) is 17.1. The number of furan rings is 1. The highest BCUT2D eigenvalue weighted by Gasteiger charge is 2.15. The largest absolute Gasteiger partial charge is 0.422 e. The third-order valence-corrected chi connectivity index (χ3v) is 2.63. The lowest BCUT2D eigenvalue weighted by atomic mass is 10.0. The average Bonchev–Trinajstić information content (AvgIpc) is 2.66. The van der Waals surface area contributed by atoms with Crippen molar-refractivity contribution in [2.24, 2.45) is 0 Å². The molecule has 3 rings (SSSR count). The first-order valence-electron chi connectivity index (χ1n) is 5.10. The Morgan fingerprint density at radius 2 is 1.50 bits per heavy atom. The number of hydrogen-bond donors (Lipinski definition) is 0. The molecule has 0 bridgehead atoms. The highest BCUT2D eigenvalue weighted by atomic mass is 16.5. The molecule has 0 saturated heterocycles. The van der Waals surface area contributed by atoms with Crippen LogP contribution in [0.1, 0.15) is 0 Å². The van der Waals surface area contributed by atoms with Gasteiger partial charge in [0.25, 0.3) is 0 Å². The van der Waals surface area contributed by atoms with Crippen molar-refractivity contribution in [3.63, 3.8) is 0 Å². The van der Waals surface area contributed by atoms with Crippen LogP contribution >= 0.6 is 0 Å². The SMILES string of the molecule is [O]c1oc2ccccc2c1-c1ccccc1. The van der Waals surface area contributed by atoms with Crippen LogP contribution in [0.2, 0.25) is 0 Å². The smallest absolute Gasteiger partial charge is 0.344 e. The van der Waals surface area contributed by atoms with Crippen molar-refractivity contribution in [3.05, 3.63) is 54.6 Å². The van der Waals surface area contributed by atoms with Gasteiger partial charge in [0.1, 0.15) is 5.58 Å². The Bertz CT molecular complexity index is 624. The van der Waals surface area contributed by atoms with E-state index in [1.165, 1.54) is 0 Å². The predicted molar refractivity (Wildman–Crippen MR) is 61.8 cm³/mol. The fraction of sp³-hybridized carbons (Fsp3) is 0. The summed E-state index contributed by atoms with van der Waals surface area (Å²) in [6.07, 6.45) is 0. The number of hydrogen-bond acceptors (Lipinski definition) is 1. The first-order chi connectivity index (χ1) is 7.86. The van der Waals surface area contributed by atoms with Gasteiger partial charge >= 0.3 is 5.95 Å². The Hall–Kier alpha value is -2.22. The second kappa shape index (κ2) is 3.42. The van der Waals surface area contributed by atoms with Crippen molar-refractivity contribution >= 4 is 11.0 Å². The lowest BCUT2D eigenvalue weighted by molar-refractivity contribution is 0.263. The maximum absolute atomic E-state index is 11.8. The molecular formula is C14H9O2. The van der Waals surface area contributed by atoms with E-state index in [0.29, 0.717) is 11.1 Å². The highest BCUT2D eigenvalue weighted by molar-refractivity contribution is 5.96. The first kappa shape index (κ1) is 9.04. The van der Waals surface area contributed by atoms with Crippen molar-refractivity contribution in [1.29, 1.82) is 0 Å². The molecule has 0 unspecified atom stereocenters. The van der Waals surface area contributed by atoms with Gasteiger partial charge < -0.3 is 4.42 Å². The molecule has 2 aromatic carbocycles. The molecule has 1 aromatic heterocycles. The van der Waals surface area contributed by atoms with Gasteiger partial charge in [-0.1, -0.05) is 48.5 Å². The number of benzene rings is 2. The van der Waals surface area contributed by atoms with Crippen molar-refractivity contribution < 1.29 is 9.52 Å². The quantitative estimate of drug-likeness (QED) is 0.589. The van der Waals surface area contributed by atoms with E-state index in [0.717, 1.165) is 10.9 Å². The zero-order chi connectivity index (χ0) is 11.0. The zero-order valence-corrected chi connectivity index (χ0v) is 8.51. The molecule has 2 nitrogen and oxygen atoms in total. The summed E-state index contributed by atoms with van der Waals surface area (Å²) in [5.41, 5.74) is 2.19. The van der Waals surface area contributed by atoms with Gasteiger partial charge in [0.15, 0.2) is 0 Å². The fourth-order valence-electron chi connectivity index (χ4n) is 1.90. The van der Waals surface area contributed by atoms with E-state index in [4.69, 9.17) is 4.42 Å². The summed E-state index contributed by atoms with van der Waals surface area (Å²) >= 11 is 0. The Morgan fingerprint density at radius 1 is 0.812 bits per heavy atom. The van der Waals surface area contributed by atoms with Gasteiger partial charge in [-0.3, -0.25) is 0 Å². The van der Waals surface area contributed by atoms with Crippen LogP contribution in [0.3, 0.4) is 0 Å². The molecule has 3 aromatic rings. The van der Waals surface area contributed by atoms with E-state index in [9.17, 15) is 5.11 Å². The second-order valence-electron chi connectivity index (χ2n) is 3.63. The standard InChI is InChI=1S/C14H9O2/c15-14-13(10-6-2-1-3-7-10)11-8-4-5-9-12(11)16-14/h1-9H. The van der Waals surface area contributed by atoms with E-state index in [1.54, 1.807) is 0 Å². The van der Waals surface area contributed by atoms with Crippen molar-refractivity contribution in [2.45, 2.75) is 0 Å². The summed E-state index contributed by atoms with van der Waals surface area (Å²) in [5.74, 6) is -0.271. The van der Waals surface area contributed by atoms with Crippen LogP contribution in [0.15, 0.2) is 59.0 Å².